The highest BCUT2D eigenvalue weighted by molar-refractivity contribution is 4.68. The molecule has 0 aromatic carbocycles. The van der Waals surface area contributed by atoms with Crippen molar-refractivity contribution in [1.82, 2.24) is 0 Å². The van der Waals surface area contributed by atoms with Gasteiger partial charge in [0.15, 0.2) is 0 Å². The summed E-state index contributed by atoms with van der Waals surface area (Å²) in [7, 11) is 0. The van der Waals surface area contributed by atoms with Crippen molar-refractivity contribution in [2.24, 2.45) is 93.7 Å². The van der Waals surface area contributed by atoms with Gasteiger partial charge in [0.05, 0.1) is 12.2 Å². The van der Waals surface area contributed by atoms with E-state index >= 15 is 0 Å². The summed E-state index contributed by atoms with van der Waals surface area (Å²) in [5, 5.41) is 26.5. The molecule has 0 saturated heterocycles. The maximum atomic E-state index is 9.38. The second kappa shape index (κ2) is 87.9. The number of aliphatic hydroxyl groups is 3. The molecule has 558 valence electrons. The van der Waals surface area contributed by atoms with Gasteiger partial charge in [0, 0.05) is 6.61 Å². The molecule has 0 heterocycles. The molecule has 3 N–H and O–H groups in total. The van der Waals surface area contributed by atoms with Crippen LogP contribution in [-0.4, -0.2) is 34.1 Å². The number of rotatable bonds is 21. The van der Waals surface area contributed by atoms with Gasteiger partial charge in [-0.05, 0) is 126 Å². The molecule has 0 aromatic rings. The van der Waals surface area contributed by atoms with Gasteiger partial charge < -0.3 is 15.3 Å². The van der Waals surface area contributed by atoms with Crippen LogP contribution < -0.4 is 0 Å². The quantitative estimate of drug-likeness (QED) is 0.100. The fourth-order valence-electron chi connectivity index (χ4n) is 7.13. The van der Waals surface area contributed by atoms with E-state index in [1.54, 1.807) is 0 Å². The molecule has 0 aliphatic heterocycles. The highest BCUT2D eigenvalue weighted by Gasteiger charge is 2.16. The zero-order valence-corrected chi connectivity index (χ0v) is 71.7. The second-order valence-electron chi connectivity index (χ2n) is 32.8. The Labute approximate surface area is 575 Å². The fraction of sp³-hybridized carbons (Fsp3) is 1.00. The van der Waals surface area contributed by atoms with Crippen LogP contribution >= 0.6 is 0 Å². The van der Waals surface area contributed by atoms with Gasteiger partial charge in [0.1, 0.15) is 0 Å². The smallest absolute Gasteiger partial charge is 0.0563 e. The maximum Gasteiger partial charge on any atom is 0.0563 e. The lowest BCUT2D eigenvalue weighted by atomic mass is 9.84. The molecule has 12 unspecified atom stereocenters. The first-order valence-corrected chi connectivity index (χ1v) is 39.9. The average molecular weight is 1280 g/mol. The summed E-state index contributed by atoms with van der Waals surface area (Å²) in [6.07, 6.45) is 34.4. The second-order valence-corrected chi connectivity index (χ2v) is 32.8. The van der Waals surface area contributed by atoms with E-state index in [0.717, 1.165) is 84.9 Å². The molecule has 89 heavy (non-hydrogen) atoms. The largest absolute Gasteiger partial charge is 0.396 e. The summed E-state index contributed by atoms with van der Waals surface area (Å²) < 4.78 is 0. The third-order valence-electron chi connectivity index (χ3n) is 17.4. The molecule has 12 atom stereocenters. The van der Waals surface area contributed by atoms with Crippen LogP contribution in [0.2, 0.25) is 0 Å². The predicted octanol–water partition coefficient (Wildman–Crippen LogP) is 31.1. The minimum atomic E-state index is -0.134. The van der Waals surface area contributed by atoms with Crippen molar-refractivity contribution < 1.29 is 15.3 Å². The Kier molecular flexibility index (Phi) is 115. The molecule has 0 spiro atoms. The summed E-state index contributed by atoms with van der Waals surface area (Å²) in [6.45, 7) is 90.8. The van der Waals surface area contributed by atoms with Crippen LogP contribution in [0.5, 0.6) is 0 Å². The van der Waals surface area contributed by atoms with Crippen LogP contribution in [0.4, 0.5) is 0 Å². The lowest BCUT2D eigenvalue weighted by Gasteiger charge is -2.22. The van der Waals surface area contributed by atoms with Gasteiger partial charge in [-0.25, -0.2) is 0 Å². The minimum absolute atomic E-state index is 0.0950. The molecule has 0 radical (unpaired) electrons. The molecule has 2 aliphatic rings. The van der Waals surface area contributed by atoms with E-state index in [1.165, 1.54) is 141 Å². The van der Waals surface area contributed by atoms with Crippen molar-refractivity contribution in [1.29, 1.82) is 0 Å². The van der Waals surface area contributed by atoms with Gasteiger partial charge >= 0.3 is 0 Å². The lowest BCUT2D eigenvalue weighted by molar-refractivity contribution is 0.101. The molecule has 0 aromatic heterocycles. The van der Waals surface area contributed by atoms with Crippen LogP contribution in [0.3, 0.4) is 0 Å². The van der Waals surface area contributed by atoms with Gasteiger partial charge in [-0.2, -0.15) is 0 Å². The first kappa shape index (κ1) is 116. The van der Waals surface area contributed by atoms with Gasteiger partial charge in [0.2, 0.25) is 0 Å². The minimum Gasteiger partial charge on any atom is -0.396 e. The molecule has 3 heteroatoms. The van der Waals surface area contributed by atoms with E-state index in [1.807, 2.05) is 27.7 Å². The number of hydrogen-bond donors (Lipinski definition) is 3. The van der Waals surface area contributed by atoms with Crippen LogP contribution in [0.25, 0.3) is 0 Å². The lowest BCUT2D eigenvalue weighted by Crippen LogP contribution is -2.17. The van der Waals surface area contributed by atoms with Crippen molar-refractivity contribution in [3.05, 3.63) is 0 Å². The summed E-state index contributed by atoms with van der Waals surface area (Å²) in [5.74, 6) is 11.6. The van der Waals surface area contributed by atoms with E-state index in [2.05, 4.69) is 256 Å². The van der Waals surface area contributed by atoms with Gasteiger partial charge in [-0.1, -0.05) is 418 Å². The molecule has 0 bridgehead atoms. The van der Waals surface area contributed by atoms with Crippen molar-refractivity contribution in [3.63, 3.8) is 0 Å². The predicted molar refractivity (Wildman–Crippen MR) is 426 cm³/mol. The molecule has 2 rings (SSSR count). The summed E-state index contributed by atoms with van der Waals surface area (Å²) in [4.78, 5) is 0. The number of aliphatic hydroxyl groups excluding tert-OH is 3. The van der Waals surface area contributed by atoms with Gasteiger partial charge in [-0.15, -0.1) is 0 Å². The summed E-state index contributed by atoms with van der Waals surface area (Å²) >= 11 is 0. The van der Waals surface area contributed by atoms with E-state index in [9.17, 15) is 5.11 Å². The van der Waals surface area contributed by atoms with Crippen LogP contribution in [-0.2, 0) is 0 Å². The molecule has 2 saturated carbocycles. The van der Waals surface area contributed by atoms with E-state index in [0.29, 0.717) is 41.1 Å². The highest BCUT2D eigenvalue weighted by Crippen LogP contribution is 2.29. The topological polar surface area (TPSA) is 60.7 Å². The van der Waals surface area contributed by atoms with Crippen molar-refractivity contribution in [3.8, 4) is 0 Å². The normalized spacial score (nSPS) is 18.1. The third-order valence-corrected chi connectivity index (χ3v) is 17.4. The molecule has 2 fully saturated rings. The fourth-order valence-corrected chi connectivity index (χ4v) is 7.13. The first-order valence-electron chi connectivity index (χ1n) is 39.9. The SMILES string of the molecule is CC(C)(C)C.CC1CCC(C)C1.CC1CCCC(C)C1.CCC(C)(C)C.CCC(C)C.CCC(C)C.CCC(C)C(C)C.CCC(C)C(C)CC.CCC(C)C(C)O.CCC(C)CO.CCC(O)C(C)CC(C)C.CCCC.CCCCC.CCCCCC. The highest BCUT2D eigenvalue weighted by atomic mass is 16.3. The van der Waals surface area contributed by atoms with Crippen molar-refractivity contribution in [2.75, 3.05) is 6.61 Å². The van der Waals surface area contributed by atoms with E-state index < -0.39 is 0 Å². The van der Waals surface area contributed by atoms with Crippen LogP contribution in [0.1, 0.15) is 451 Å². The Morgan fingerprint density at radius 2 is 0.629 bits per heavy atom. The number of unbranched alkanes of at least 4 members (excludes halogenated alkanes) is 6. The third kappa shape index (κ3) is 149. The average Bonchev–Trinajstić information content (AvgIpc) is 3.91. The number of hydrogen-bond acceptors (Lipinski definition) is 3. The Balaban J connectivity index is -0.0000000722. The summed E-state index contributed by atoms with van der Waals surface area (Å²) in [6, 6.07) is 0. The zero-order valence-electron chi connectivity index (χ0n) is 71.7. The van der Waals surface area contributed by atoms with Gasteiger partial charge in [-0.3, -0.25) is 0 Å². The Morgan fingerprint density at radius 3 is 0.719 bits per heavy atom. The van der Waals surface area contributed by atoms with Crippen LogP contribution in [0, 0.1) is 93.7 Å². The van der Waals surface area contributed by atoms with E-state index in [4.69, 9.17) is 10.2 Å². The zero-order chi connectivity index (χ0) is 73.3. The Morgan fingerprint density at radius 1 is 0.348 bits per heavy atom. The monoisotopic (exact) mass is 1280 g/mol. The summed E-state index contributed by atoms with van der Waals surface area (Å²) in [5.41, 5.74) is 1.04. The molecule has 2 aliphatic carbocycles. The standard InChI is InChI=1S/C9H20O.C8H16.C8H18.C7H14.C7H16.C6H14O.2C6H14.C5H12O.4C5H12.C4H10/c1-5-9(10)8(4)6-7(2)3;1-7-4-3-5-8(2)6-7;1-5-7(3)8(4)6-2;1-6-3-4-7(2)5-6;1-5-7(4)6(2)3;1-4-5(2)6(3)7;1-5-6(2,3)4;1-3-5-6-4-2;1-3-5(2)4-6;1-5(2,3)4;2*1-4-5(2)3;1-3-5-4-2;1-3-4-2/h7-10H,5-6H2,1-4H3;7-8H,3-6H2,1-2H3;7-8H,5-6H2,1-4H3;6-7H,3-5H2,1-2H3;6-7H,5H2,1-4H3;5-7H,4H2,1-3H3;5H2,1-4H3;3-6H2,1-2H3;5-6H,3-4H2,1-2H3;1-4H3;2*5H,4H2,1-3H3;3-5H2,1-2H3;3-4H2,1-2H3. The van der Waals surface area contributed by atoms with Crippen molar-refractivity contribution in [2.45, 2.75) is 463 Å². The van der Waals surface area contributed by atoms with Gasteiger partial charge in [0.25, 0.3) is 0 Å². The Hall–Kier alpha value is -0.120. The maximum absolute atomic E-state index is 9.38. The molecule has 3 nitrogen and oxygen atoms in total. The molecular formula is C86H196O3. The Bertz CT molecular complexity index is 1050. The molecular weight excluding hydrogens is 1080 g/mol. The van der Waals surface area contributed by atoms with Crippen LogP contribution in [0.15, 0.2) is 0 Å². The van der Waals surface area contributed by atoms with Crippen molar-refractivity contribution >= 4 is 0 Å². The molecule has 0 amide bonds. The first-order chi connectivity index (χ1) is 40.9. The van der Waals surface area contributed by atoms with E-state index in [-0.39, 0.29) is 12.2 Å².